The molecular weight excluding hydrogens is 753 g/mol. The van der Waals surface area contributed by atoms with Gasteiger partial charge in [-0.3, -0.25) is 19.6 Å². The van der Waals surface area contributed by atoms with Crippen LogP contribution in [0, 0.1) is 24.7 Å². The summed E-state index contributed by atoms with van der Waals surface area (Å²) in [4.78, 5) is 48.5. The van der Waals surface area contributed by atoms with Gasteiger partial charge >= 0.3 is 0 Å². The van der Waals surface area contributed by atoms with Crippen LogP contribution in [0.3, 0.4) is 0 Å². The summed E-state index contributed by atoms with van der Waals surface area (Å²) < 4.78 is 12.1. The van der Waals surface area contributed by atoms with Crippen molar-refractivity contribution in [1.82, 2.24) is 40.4 Å². The number of pyridine rings is 4. The average molecular weight is 817 g/mol. The summed E-state index contributed by atoms with van der Waals surface area (Å²) in [6.45, 7) is 15.8. The van der Waals surface area contributed by atoms with Crippen molar-refractivity contribution >= 4 is 11.8 Å². The number of nitrogens with one attached hydrogen (secondary N) is 2. The summed E-state index contributed by atoms with van der Waals surface area (Å²) in [7, 11) is 4.19. The number of carbonyl (C=O) groups excluding carboxylic acids is 2. The maximum atomic E-state index is 13.2. The molecule has 2 N–H and O–H groups in total. The third-order valence-corrected chi connectivity index (χ3v) is 12.4. The van der Waals surface area contributed by atoms with E-state index in [1.54, 1.807) is 12.4 Å². The summed E-state index contributed by atoms with van der Waals surface area (Å²) in [5.41, 5.74) is 5.37. The summed E-state index contributed by atoms with van der Waals surface area (Å²) >= 11 is 0. The van der Waals surface area contributed by atoms with Gasteiger partial charge in [0.2, 0.25) is 23.6 Å². The van der Waals surface area contributed by atoms with Gasteiger partial charge in [0.15, 0.2) is 0 Å². The van der Waals surface area contributed by atoms with Crippen LogP contribution >= 0.6 is 0 Å². The molecule has 60 heavy (non-hydrogen) atoms. The van der Waals surface area contributed by atoms with Gasteiger partial charge in [-0.1, -0.05) is 24.3 Å². The van der Waals surface area contributed by atoms with E-state index < -0.39 is 10.8 Å². The predicted molar refractivity (Wildman–Crippen MR) is 233 cm³/mol. The van der Waals surface area contributed by atoms with Crippen molar-refractivity contribution in [2.45, 2.75) is 103 Å². The Kier molecular flexibility index (Phi) is 13.2. The molecular formula is C48H64N8O4. The summed E-state index contributed by atoms with van der Waals surface area (Å²) in [6.07, 6.45) is 12.1. The lowest BCUT2D eigenvalue weighted by Crippen LogP contribution is -2.48. The standard InChI is InChI=1S/2C24H32N4O2/c2*1-16-7-8-18(12-26-16)20-13-28(4)14-21(20)27-23(29)24(2,3)15-30-22-19(17-9-10-17)6-5-11-25-22/h2*5-8,11-12,17,20-21H,9-10,13-15H2,1-4H3,(H,27,29)/t2*20-,21+/m10/s1. The first-order valence-electron chi connectivity index (χ1n) is 21.7. The molecule has 2 aliphatic carbocycles. The minimum atomic E-state index is -0.657. The summed E-state index contributed by atoms with van der Waals surface area (Å²) in [6, 6.07) is 16.5. The highest BCUT2D eigenvalue weighted by molar-refractivity contribution is 5.83. The second-order valence-electron chi connectivity index (χ2n) is 19.0. The molecule has 0 radical (unpaired) electrons. The quantitative estimate of drug-likeness (QED) is 0.144. The molecule has 0 spiro atoms. The lowest BCUT2D eigenvalue weighted by molar-refractivity contribution is -0.132. The number of likely N-dealkylation sites (tertiary alicyclic amines) is 2. The first-order valence-corrected chi connectivity index (χ1v) is 21.7. The van der Waals surface area contributed by atoms with Crippen molar-refractivity contribution < 1.29 is 19.1 Å². The topological polar surface area (TPSA) is 135 Å². The maximum absolute atomic E-state index is 13.2. The van der Waals surface area contributed by atoms with Gasteiger partial charge in [0.05, 0.1) is 10.8 Å². The third-order valence-electron chi connectivity index (χ3n) is 12.4. The van der Waals surface area contributed by atoms with Crippen LogP contribution in [0.25, 0.3) is 0 Å². The van der Waals surface area contributed by atoms with Crippen LogP contribution < -0.4 is 20.1 Å². The summed E-state index contributed by atoms with van der Waals surface area (Å²) in [5, 5.41) is 6.58. The fraction of sp³-hybridized carbons (Fsp3) is 0.542. The lowest BCUT2D eigenvalue weighted by atomic mass is 9.90. The van der Waals surface area contributed by atoms with E-state index in [0.717, 1.165) is 48.7 Å². The molecule has 2 aliphatic heterocycles. The molecule has 4 aliphatic rings. The van der Waals surface area contributed by atoms with Gasteiger partial charge in [-0.2, -0.15) is 0 Å². The minimum Gasteiger partial charge on any atom is -0.476 e. The van der Waals surface area contributed by atoms with Crippen molar-refractivity contribution in [2.24, 2.45) is 10.8 Å². The number of hydrogen-bond acceptors (Lipinski definition) is 10. The molecule has 4 aromatic rings. The molecule has 6 heterocycles. The van der Waals surface area contributed by atoms with E-state index >= 15 is 0 Å². The van der Waals surface area contributed by atoms with Gasteiger partial charge in [0.1, 0.15) is 13.2 Å². The molecule has 4 aromatic heterocycles. The van der Waals surface area contributed by atoms with E-state index in [-0.39, 0.29) is 35.7 Å². The van der Waals surface area contributed by atoms with Crippen molar-refractivity contribution in [3.63, 3.8) is 0 Å². The Morgan fingerprint density at radius 3 is 1.37 bits per heavy atom. The smallest absolute Gasteiger partial charge is 0.229 e. The second kappa shape index (κ2) is 18.4. The van der Waals surface area contributed by atoms with E-state index in [1.165, 1.54) is 36.8 Å². The monoisotopic (exact) mass is 817 g/mol. The van der Waals surface area contributed by atoms with Crippen LogP contribution in [0.2, 0.25) is 0 Å². The van der Waals surface area contributed by atoms with Crippen LogP contribution in [-0.4, -0.2) is 107 Å². The highest BCUT2D eigenvalue weighted by atomic mass is 16.5. The highest BCUT2D eigenvalue weighted by Crippen LogP contribution is 2.44. The van der Waals surface area contributed by atoms with Crippen LogP contribution in [0.15, 0.2) is 73.3 Å². The van der Waals surface area contributed by atoms with Gasteiger partial charge in [-0.15, -0.1) is 0 Å². The van der Waals surface area contributed by atoms with Crippen molar-refractivity contribution in [1.29, 1.82) is 0 Å². The molecule has 0 aromatic carbocycles. The number of rotatable bonds is 14. The third kappa shape index (κ3) is 10.9. The fourth-order valence-corrected chi connectivity index (χ4v) is 8.18. The largest absolute Gasteiger partial charge is 0.476 e. The first-order chi connectivity index (χ1) is 28.7. The first kappa shape index (κ1) is 43.2. The maximum Gasteiger partial charge on any atom is 0.229 e. The molecule has 320 valence electrons. The van der Waals surface area contributed by atoms with Crippen molar-refractivity contribution in [3.8, 4) is 11.8 Å². The normalized spacial score (nSPS) is 22.1. The Labute approximate surface area is 356 Å². The van der Waals surface area contributed by atoms with Crippen LogP contribution in [-0.2, 0) is 9.59 Å². The molecule has 12 heteroatoms. The number of nitrogens with zero attached hydrogens (tertiary/aromatic N) is 6. The molecule has 8 rings (SSSR count). The molecule has 2 saturated carbocycles. The Balaban J connectivity index is 0.000000181. The number of aromatic nitrogens is 4. The van der Waals surface area contributed by atoms with E-state index in [2.05, 4.69) is 78.7 Å². The van der Waals surface area contributed by atoms with Crippen LogP contribution in [0.1, 0.15) is 111 Å². The predicted octanol–water partition coefficient (Wildman–Crippen LogP) is 6.56. The van der Waals surface area contributed by atoms with E-state index in [4.69, 9.17) is 9.47 Å². The van der Waals surface area contributed by atoms with E-state index in [0.29, 0.717) is 36.8 Å². The molecule has 2 saturated heterocycles. The fourth-order valence-electron chi connectivity index (χ4n) is 8.18. The number of ether oxygens (including phenoxy) is 2. The number of aryl methyl sites for hydroxylation is 2. The van der Waals surface area contributed by atoms with Crippen LogP contribution in [0.4, 0.5) is 0 Å². The van der Waals surface area contributed by atoms with Crippen LogP contribution in [0.5, 0.6) is 11.8 Å². The van der Waals surface area contributed by atoms with Gasteiger partial charge in [-0.25, -0.2) is 9.97 Å². The molecule has 0 bridgehead atoms. The SMILES string of the molecule is Cc1ccc([C@@H]2CN(C)C[C@H]2NC(=O)C(C)(C)COc2ncccc2C2CC2)cn1.Cc1ccc([C@H]2CN(C)C[C@@H]2NC(=O)C(C)(C)COc2ncccc2C2CC2)cn1. The van der Waals surface area contributed by atoms with Crippen molar-refractivity contribution in [3.05, 3.63) is 107 Å². The Bertz CT molecular complexity index is 1930. The number of carbonyl (C=O) groups is 2. The minimum absolute atomic E-state index is 0.0109. The van der Waals surface area contributed by atoms with E-state index in [9.17, 15) is 9.59 Å². The average Bonchev–Trinajstić information content (AvgIpc) is 4.17. The molecule has 4 fully saturated rings. The lowest BCUT2D eigenvalue weighted by Gasteiger charge is -2.28. The van der Waals surface area contributed by atoms with Crippen molar-refractivity contribution in [2.75, 3.05) is 53.5 Å². The molecule has 2 amide bonds. The summed E-state index contributed by atoms with van der Waals surface area (Å²) in [5.74, 6) is 2.96. The Morgan fingerprint density at radius 1 is 0.617 bits per heavy atom. The van der Waals surface area contributed by atoms with Gasteiger partial charge in [0, 0.05) is 97.4 Å². The molecule has 12 nitrogen and oxygen atoms in total. The Hall–Kier alpha value is -4.94. The Morgan fingerprint density at radius 2 is 1.02 bits per heavy atom. The molecule has 0 unspecified atom stereocenters. The van der Waals surface area contributed by atoms with Gasteiger partial charge < -0.3 is 29.9 Å². The van der Waals surface area contributed by atoms with Gasteiger partial charge in [-0.05, 0) is 129 Å². The molecule has 4 atom stereocenters. The second-order valence-corrected chi connectivity index (χ2v) is 19.0. The highest BCUT2D eigenvalue weighted by Gasteiger charge is 2.39. The number of likely N-dealkylation sites (N-methyl/N-ethyl adjacent to an activating group) is 2. The van der Waals surface area contributed by atoms with E-state index in [1.807, 2.05) is 78.2 Å². The zero-order valence-corrected chi connectivity index (χ0v) is 36.8. The zero-order valence-electron chi connectivity index (χ0n) is 36.8. The zero-order chi connectivity index (χ0) is 42.6. The number of hydrogen-bond donors (Lipinski definition) is 2. The number of amides is 2. The van der Waals surface area contributed by atoms with Gasteiger partial charge in [0.25, 0.3) is 0 Å².